The van der Waals surface area contributed by atoms with Gasteiger partial charge >= 0.3 is 7.12 Å². The van der Waals surface area contributed by atoms with E-state index in [-0.39, 0.29) is 17.3 Å². The van der Waals surface area contributed by atoms with Gasteiger partial charge in [0.2, 0.25) is 0 Å². The number of hydrogen-bond acceptors (Lipinski definition) is 4. The van der Waals surface area contributed by atoms with Crippen LogP contribution in [0.25, 0.3) is 0 Å². The number of benzene rings is 1. The maximum Gasteiger partial charge on any atom is 0.488 e. The van der Waals surface area contributed by atoms with Gasteiger partial charge in [-0.2, -0.15) is 0 Å². The number of rotatable bonds is 2. The molecule has 92 valence electrons. The molecule has 0 saturated carbocycles. The maximum absolute atomic E-state index is 11.9. The van der Waals surface area contributed by atoms with Crippen LogP contribution in [0.4, 0.5) is 5.69 Å². The average molecular weight is 245 g/mol. The molecular formula is C12H12BNO4. The van der Waals surface area contributed by atoms with E-state index in [1.807, 2.05) is 0 Å². The molecule has 2 amide bonds. The molecule has 1 aliphatic heterocycles. The number of hydrogen-bond donors (Lipinski definition) is 2. The van der Waals surface area contributed by atoms with Crippen molar-refractivity contribution < 1.29 is 19.6 Å². The van der Waals surface area contributed by atoms with Crippen LogP contribution < -0.4 is 10.4 Å². The predicted molar refractivity (Wildman–Crippen MR) is 67.1 cm³/mol. The summed E-state index contributed by atoms with van der Waals surface area (Å²) >= 11 is 0. The first-order valence-electron chi connectivity index (χ1n) is 5.46. The molecule has 2 N–H and O–H groups in total. The third-order valence-corrected chi connectivity index (χ3v) is 3.04. The molecule has 5 nitrogen and oxygen atoms in total. The summed E-state index contributed by atoms with van der Waals surface area (Å²) in [6, 6.07) is 6.06. The van der Waals surface area contributed by atoms with Gasteiger partial charge in [-0.3, -0.25) is 9.59 Å². The fourth-order valence-corrected chi connectivity index (χ4v) is 1.81. The fraction of sp³-hybridized carbons (Fsp3) is 0.167. The number of nitrogens with zero attached hydrogens (tertiary/aromatic N) is 1. The molecular weight excluding hydrogens is 233 g/mol. The summed E-state index contributed by atoms with van der Waals surface area (Å²) in [6.07, 6.45) is 0. The Morgan fingerprint density at radius 3 is 2.11 bits per heavy atom. The first kappa shape index (κ1) is 12.5. The summed E-state index contributed by atoms with van der Waals surface area (Å²) in [7, 11) is -1.63. The summed E-state index contributed by atoms with van der Waals surface area (Å²) in [5, 5.41) is 18.2. The minimum Gasteiger partial charge on any atom is -0.423 e. The van der Waals surface area contributed by atoms with Gasteiger partial charge in [-0.05, 0) is 31.4 Å². The summed E-state index contributed by atoms with van der Waals surface area (Å²) in [5.41, 5.74) is 1.40. The number of carbonyl (C=O) groups excluding carboxylic acids is 2. The zero-order chi connectivity index (χ0) is 13.4. The van der Waals surface area contributed by atoms with Crippen molar-refractivity contribution >= 4 is 30.1 Å². The van der Waals surface area contributed by atoms with Crippen molar-refractivity contribution in [2.24, 2.45) is 0 Å². The third kappa shape index (κ3) is 1.85. The summed E-state index contributed by atoms with van der Waals surface area (Å²) in [5.74, 6) is -0.746. The lowest BCUT2D eigenvalue weighted by Gasteiger charge is -2.15. The largest absolute Gasteiger partial charge is 0.488 e. The lowest BCUT2D eigenvalue weighted by molar-refractivity contribution is -0.120. The predicted octanol–water partition coefficient (Wildman–Crippen LogP) is -0.424. The molecule has 0 saturated heterocycles. The van der Waals surface area contributed by atoms with E-state index < -0.39 is 7.12 Å². The van der Waals surface area contributed by atoms with Gasteiger partial charge in [0.25, 0.3) is 11.8 Å². The van der Waals surface area contributed by atoms with Gasteiger partial charge in [-0.1, -0.05) is 12.1 Å². The van der Waals surface area contributed by atoms with Crippen molar-refractivity contribution in [3.63, 3.8) is 0 Å². The van der Waals surface area contributed by atoms with Crippen LogP contribution in [0.3, 0.4) is 0 Å². The molecule has 18 heavy (non-hydrogen) atoms. The molecule has 0 atom stereocenters. The summed E-state index contributed by atoms with van der Waals surface area (Å²) < 4.78 is 0. The van der Waals surface area contributed by atoms with Gasteiger partial charge in [0.05, 0.1) is 5.69 Å². The highest BCUT2D eigenvalue weighted by Gasteiger charge is 2.34. The summed E-state index contributed by atoms with van der Waals surface area (Å²) in [4.78, 5) is 24.9. The molecule has 0 bridgehead atoms. The Bertz CT molecular complexity index is 541. The van der Waals surface area contributed by atoms with Gasteiger partial charge < -0.3 is 10.0 Å². The lowest BCUT2D eigenvalue weighted by Crippen LogP contribution is -2.34. The first-order chi connectivity index (χ1) is 8.43. The Hall–Kier alpha value is -1.92. The Morgan fingerprint density at radius 1 is 1.06 bits per heavy atom. The monoisotopic (exact) mass is 245 g/mol. The standard InChI is InChI=1S/C12H12BNO4/c1-7-8(2)12(16)14(11(7)15)10-5-3-4-9(6-10)13(17)18/h3-6,17-18H,1-2H3. The molecule has 1 heterocycles. The molecule has 0 radical (unpaired) electrons. The smallest absolute Gasteiger partial charge is 0.423 e. The summed E-state index contributed by atoms with van der Waals surface area (Å²) in [6.45, 7) is 3.20. The molecule has 1 aromatic rings. The molecule has 6 heteroatoms. The van der Waals surface area contributed by atoms with Gasteiger partial charge in [0, 0.05) is 11.1 Å². The zero-order valence-electron chi connectivity index (χ0n) is 10.0. The van der Waals surface area contributed by atoms with Crippen molar-refractivity contribution in [3.05, 3.63) is 35.4 Å². The molecule has 1 aromatic carbocycles. The van der Waals surface area contributed by atoms with E-state index in [2.05, 4.69) is 0 Å². The molecule has 2 rings (SSSR count). The molecule has 0 fully saturated rings. The lowest BCUT2D eigenvalue weighted by atomic mass is 9.80. The second kappa shape index (κ2) is 4.40. The zero-order valence-corrected chi connectivity index (χ0v) is 10.0. The van der Waals surface area contributed by atoms with Crippen LogP contribution in [0.2, 0.25) is 0 Å². The van der Waals surface area contributed by atoms with Crippen molar-refractivity contribution in [3.8, 4) is 0 Å². The second-order valence-corrected chi connectivity index (χ2v) is 4.16. The molecule has 1 aliphatic rings. The topological polar surface area (TPSA) is 77.8 Å². The van der Waals surface area contributed by atoms with Crippen LogP contribution in [0, 0.1) is 0 Å². The van der Waals surface area contributed by atoms with Gasteiger partial charge in [-0.15, -0.1) is 0 Å². The van der Waals surface area contributed by atoms with Crippen LogP contribution in [-0.4, -0.2) is 29.0 Å². The van der Waals surface area contributed by atoms with Crippen LogP contribution in [-0.2, 0) is 9.59 Å². The van der Waals surface area contributed by atoms with Crippen LogP contribution in [0.5, 0.6) is 0 Å². The second-order valence-electron chi connectivity index (χ2n) is 4.16. The highest BCUT2D eigenvalue weighted by molar-refractivity contribution is 6.58. The van der Waals surface area contributed by atoms with Crippen molar-refractivity contribution in [2.75, 3.05) is 4.90 Å². The van der Waals surface area contributed by atoms with Gasteiger partial charge in [-0.25, -0.2) is 4.90 Å². The van der Waals surface area contributed by atoms with E-state index in [0.29, 0.717) is 16.8 Å². The first-order valence-corrected chi connectivity index (χ1v) is 5.46. The van der Waals surface area contributed by atoms with Crippen molar-refractivity contribution in [2.45, 2.75) is 13.8 Å². The minimum atomic E-state index is -1.63. The van der Waals surface area contributed by atoms with Gasteiger partial charge in [0.1, 0.15) is 0 Å². The van der Waals surface area contributed by atoms with E-state index in [9.17, 15) is 9.59 Å². The van der Waals surface area contributed by atoms with Crippen molar-refractivity contribution in [1.29, 1.82) is 0 Å². The average Bonchev–Trinajstić information content (AvgIpc) is 2.54. The van der Waals surface area contributed by atoms with Gasteiger partial charge in [0.15, 0.2) is 0 Å². The SMILES string of the molecule is CC1=C(C)C(=O)N(c2cccc(B(O)O)c2)C1=O. The Kier molecular flexibility index (Phi) is 3.06. The van der Waals surface area contributed by atoms with E-state index in [1.54, 1.807) is 26.0 Å². The normalized spacial score (nSPS) is 15.7. The molecule has 0 spiro atoms. The Morgan fingerprint density at radius 2 is 1.61 bits per heavy atom. The van der Waals surface area contributed by atoms with E-state index in [0.717, 1.165) is 4.90 Å². The quantitative estimate of drug-likeness (QED) is 0.547. The number of imide groups is 1. The number of anilines is 1. The molecule has 0 unspecified atom stereocenters. The highest BCUT2D eigenvalue weighted by Crippen LogP contribution is 2.25. The minimum absolute atomic E-state index is 0.232. The van der Waals surface area contributed by atoms with E-state index in [4.69, 9.17) is 10.0 Å². The van der Waals surface area contributed by atoms with Crippen molar-refractivity contribution in [1.82, 2.24) is 0 Å². The number of carbonyl (C=O) groups is 2. The van der Waals surface area contributed by atoms with E-state index in [1.165, 1.54) is 12.1 Å². The number of amides is 2. The molecule has 0 aromatic heterocycles. The molecule has 0 aliphatic carbocycles. The fourth-order valence-electron chi connectivity index (χ4n) is 1.81. The Balaban J connectivity index is 2.43. The van der Waals surface area contributed by atoms with Crippen LogP contribution >= 0.6 is 0 Å². The Labute approximate surface area is 104 Å². The van der Waals surface area contributed by atoms with Crippen LogP contribution in [0.1, 0.15) is 13.8 Å². The highest BCUT2D eigenvalue weighted by atomic mass is 16.4. The van der Waals surface area contributed by atoms with E-state index >= 15 is 0 Å². The third-order valence-electron chi connectivity index (χ3n) is 3.04. The van der Waals surface area contributed by atoms with Crippen LogP contribution in [0.15, 0.2) is 35.4 Å². The maximum atomic E-state index is 11.9.